The van der Waals surface area contributed by atoms with E-state index in [0.717, 1.165) is 16.5 Å². The van der Waals surface area contributed by atoms with Crippen LogP contribution in [0, 0.1) is 3.57 Å². The first kappa shape index (κ1) is 11.7. The van der Waals surface area contributed by atoms with E-state index in [1.807, 2.05) is 12.1 Å². The minimum Gasteiger partial charge on any atom is -0.397 e. The molecule has 0 bridgehead atoms. The summed E-state index contributed by atoms with van der Waals surface area (Å²) in [6.45, 7) is 0. The van der Waals surface area contributed by atoms with E-state index in [2.05, 4.69) is 51.8 Å². The molecule has 2 aromatic rings. The topological polar surface area (TPSA) is 38.9 Å². The van der Waals surface area contributed by atoms with Crippen molar-refractivity contribution >= 4 is 40.0 Å². The second-order valence-corrected chi connectivity index (χ2v) is 5.52. The largest absolute Gasteiger partial charge is 0.397 e. The molecule has 82 valence electrons. The average Bonchev–Trinajstić information content (AvgIpc) is 2.30. The van der Waals surface area contributed by atoms with E-state index in [1.54, 1.807) is 18.0 Å². The van der Waals surface area contributed by atoms with Gasteiger partial charge in [0.05, 0.1) is 5.69 Å². The lowest BCUT2D eigenvalue weighted by Crippen LogP contribution is -1.91. The number of pyridine rings is 1. The molecule has 0 atom stereocenters. The third-order valence-corrected chi connectivity index (χ3v) is 3.90. The number of halogens is 1. The Morgan fingerprint density at radius 1 is 1.19 bits per heavy atom. The zero-order chi connectivity index (χ0) is 11.4. The Hall–Kier alpha value is -0.750. The Balaban J connectivity index is 2.02. The number of anilines is 1. The summed E-state index contributed by atoms with van der Waals surface area (Å²) in [4.78, 5) is 4.25. The van der Waals surface area contributed by atoms with Crippen LogP contribution in [0.4, 0.5) is 5.69 Å². The van der Waals surface area contributed by atoms with Gasteiger partial charge >= 0.3 is 0 Å². The van der Waals surface area contributed by atoms with Gasteiger partial charge in [0.1, 0.15) is 5.03 Å². The van der Waals surface area contributed by atoms with Crippen molar-refractivity contribution in [2.45, 2.75) is 10.8 Å². The minimum atomic E-state index is 0.748. The van der Waals surface area contributed by atoms with Crippen molar-refractivity contribution < 1.29 is 0 Å². The van der Waals surface area contributed by atoms with Crippen molar-refractivity contribution in [3.8, 4) is 0 Å². The van der Waals surface area contributed by atoms with Crippen molar-refractivity contribution in [2.24, 2.45) is 0 Å². The molecule has 16 heavy (non-hydrogen) atoms. The van der Waals surface area contributed by atoms with Crippen LogP contribution in [0.5, 0.6) is 0 Å². The smallest absolute Gasteiger partial charge is 0.119 e. The Kier molecular flexibility index (Phi) is 4.06. The monoisotopic (exact) mass is 342 g/mol. The molecule has 1 heterocycles. The van der Waals surface area contributed by atoms with Crippen LogP contribution in [0.2, 0.25) is 0 Å². The molecule has 0 amide bonds. The van der Waals surface area contributed by atoms with Crippen LogP contribution in [0.3, 0.4) is 0 Å². The third kappa shape index (κ3) is 3.12. The first-order valence-corrected chi connectivity index (χ1v) is 6.90. The van der Waals surface area contributed by atoms with Crippen molar-refractivity contribution in [3.63, 3.8) is 0 Å². The molecule has 0 radical (unpaired) electrons. The first-order chi connectivity index (χ1) is 7.75. The molecule has 1 aromatic heterocycles. The Labute approximate surface area is 113 Å². The number of benzene rings is 1. The number of nitrogens with two attached hydrogens (primary N) is 1. The Morgan fingerprint density at radius 3 is 2.62 bits per heavy atom. The van der Waals surface area contributed by atoms with Crippen LogP contribution < -0.4 is 5.73 Å². The summed E-state index contributed by atoms with van der Waals surface area (Å²) in [5, 5.41) is 0.904. The lowest BCUT2D eigenvalue weighted by atomic mass is 10.2. The molecule has 0 fully saturated rings. The summed E-state index contributed by atoms with van der Waals surface area (Å²) in [5.41, 5.74) is 7.86. The van der Waals surface area contributed by atoms with Gasteiger partial charge in [-0.15, -0.1) is 0 Å². The molecular formula is C12H11IN2S. The minimum absolute atomic E-state index is 0.748. The van der Waals surface area contributed by atoms with Gasteiger partial charge in [-0.2, -0.15) is 0 Å². The average molecular weight is 342 g/mol. The van der Waals surface area contributed by atoms with E-state index >= 15 is 0 Å². The van der Waals surface area contributed by atoms with Gasteiger partial charge in [-0.3, -0.25) is 0 Å². The van der Waals surface area contributed by atoms with Gasteiger partial charge < -0.3 is 5.73 Å². The maximum atomic E-state index is 5.82. The van der Waals surface area contributed by atoms with Crippen LogP contribution in [0.25, 0.3) is 0 Å². The summed E-state index contributed by atoms with van der Waals surface area (Å²) in [6, 6.07) is 12.2. The van der Waals surface area contributed by atoms with Gasteiger partial charge in [-0.1, -0.05) is 23.9 Å². The van der Waals surface area contributed by atoms with Crippen molar-refractivity contribution in [3.05, 3.63) is 51.7 Å². The number of thioether (sulfide) groups is 1. The molecular weight excluding hydrogens is 331 g/mol. The molecule has 2 rings (SSSR count). The van der Waals surface area contributed by atoms with Crippen LogP contribution in [-0.4, -0.2) is 4.98 Å². The highest BCUT2D eigenvalue weighted by atomic mass is 127. The summed E-state index contributed by atoms with van der Waals surface area (Å²) in [6.07, 6.45) is 1.77. The van der Waals surface area contributed by atoms with E-state index in [1.165, 1.54) is 9.13 Å². The summed E-state index contributed by atoms with van der Waals surface area (Å²) in [5.74, 6) is 0.901. The lowest BCUT2D eigenvalue weighted by Gasteiger charge is -2.03. The molecule has 2 N–H and O–H groups in total. The summed E-state index contributed by atoms with van der Waals surface area (Å²) < 4.78 is 1.25. The van der Waals surface area contributed by atoms with Gasteiger partial charge in [0.15, 0.2) is 0 Å². The highest BCUT2D eigenvalue weighted by Crippen LogP contribution is 2.25. The second kappa shape index (κ2) is 5.54. The third-order valence-electron chi connectivity index (χ3n) is 2.09. The SMILES string of the molecule is Nc1cccnc1SCc1ccc(I)cc1. The lowest BCUT2D eigenvalue weighted by molar-refractivity contribution is 1.14. The predicted octanol–water partition coefficient (Wildman–Crippen LogP) is 3.56. The van der Waals surface area contributed by atoms with Crippen LogP contribution in [0.15, 0.2) is 47.6 Å². The van der Waals surface area contributed by atoms with Crippen LogP contribution in [0.1, 0.15) is 5.56 Å². The molecule has 1 aromatic carbocycles. The van der Waals surface area contributed by atoms with Crippen molar-refractivity contribution in [2.75, 3.05) is 5.73 Å². The molecule has 0 aliphatic carbocycles. The highest BCUT2D eigenvalue weighted by molar-refractivity contribution is 14.1. The number of nitrogens with zero attached hydrogens (tertiary/aromatic N) is 1. The Morgan fingerprint density at radius 2 is 1.94 bits per heavy atom. The van der Waals surface area contributed by atoms with E-state index in [0.29, 0.717) is 0 Å². The molecule has 0 unspecified atom stereocenters. The summed E-state index contributed by atoms with van der Waals surface area (Å²) in [7, 11) is 0. The number of nitrogen functional groups attached to an aromatic ring is 1. The number of aromatic nitrogens is 1. The molecule has 0 saturated carbocycles. The molecule has 0 spiro atoms. The number of rotatable bonds is 3. The molecule has 2 nitrogen and oxygen atoms in total. The maximum Gasteiger partial charge on any atom is 0.119 e. The maximum absolute atomic E-state index is 5.82. The molecule has 0 aliphatic heterocycles. The second-order valence-electron chi connectivity index (χ2n) is 3.31. The van der Waals surface area contributed by atoms with Crippen molar-refractivity contribution in [1.82, 2.24) is 4.98 Å². The summed E-state index contributed by atoms with van der Waals surface area (Å²) >= 11 is 3.97. The fourth-order valence-corrected chi connectivity index (χ4v) is 2.48. The van der Waals surface area contributed by atoms with Gasteiger partial charge in [-0.05, 0) is 52.4 Å². The zero-order valence-corrected chi connectivity index (χ0v) is 11.5. The molecule has 0 aliphatic rings. The van der Waals surface area contributed by atoms with Gasteiger partial charge in [0.2, 0.25) is 0 Å². The van der Waals surface area contributed by atoms with Gasteiger partial charge in [0, 0.05) is 15.5 Å². The van der Waals surface area contributed by atoms with E-state index in [4.69, 9.17) is 5.73 Å². The zero-order valence-electron chi connectivity index (χ0n) is 8.56. The van der Waals surface area contributed by atoms with E-state index in [-0.39, 0.29) is 0 Å². The first-order valence-electron chi connectivity index (χ1n) is 4.83. The fourth-order valence-electron chi connectivity index (χ4n) is 1.26. The van der Waals surface area contributed by atoms with Crippen LogP contribution >= 0.6 is 34.4 Å². The normalized spacial score (nSPS) is 10.3. The molecule has 4 heteroatoms. The van der Waals surface area contributed by atoms with Crippen LogP contribution in [-0.2, 0) is 5.75 Å². The quantitative estimate of drug-likeness (QED) is 0.685. The Bertz CT molecular complexity index is 471. The highest BCUT2D eigenvalue weighted by Gasteiger charge is 2.01. The number of hydrogen-bond donors (Lipinski definition) is 1. The van der Waals surface area contributed by atoms with E-state index < -0.39 is 0 Å². The molecule has 0 saturated heterocycles. The van der Waals surface area contributed by atoms with E-state index in [9.17, 15) is 0 Å². The van der Waals surface area contributed by atoms with Gasteiger partial charge in [-0.25, -0.2) is 4.98 Å². The van der Waals surface area contributed by atoms with Gasteiger partial charge in [0.25, 0.3) is 0 Å². The number of hydrogen-bond acceptors (Lipinski definition) is 3. The fraction of sp³-hybridized carbons (Fsp3) is 0.0833. The standard InChI is InChI=1S/C12H11IN2S/c13-10-5-3-9(4-6-10)8-16-12-11(14)2-1-7-15-12/h1-7H,8,14H2. The predicted molar refractivity (Wildman–Crippen MR) is 77.4 cm³/mol. The van der Waals surface area contributed by atoms with Crippen molar-refractivity contribution in [1.29, 1.82) is 0 Å².